The second-order valence-corrected chi connectivity index (χ2v) is 8.03. The Bertz CT molecular complexity index is 1040. The van der Waals surface area contributed by atoms with Gasteiger partial charge in [-0.15, -0.1) is 0 Å². The average Bonchev–Trinajstić information content (AvgIpc) is 3.55. The van der Waals surface area contributed by atoms with E-state index in [1.54, 1.807) is 18.3 Å². The first-order valence-corrected chi connectivity index (χ1v) is 10.4. The molecule has 154 valence electrons. The molecule has 2 aliphatic rings. The first kappa shape index (κ1) is 18.7. The monoisotopic (exact) mass is 404 g/mol. The summed E-state index contributed by atoms with van der Waals surface area (Å²) < 4.78 is 5.45. The van der Waals surface area contributed by atoms with E-state index < -0.39 is 0 Å². The van der Waals surface area contributed by atoms with Crippen molar-refractivity contribution in [1.29, 1.82) is 0 Å². The van der Waals surface area contributed by atoms with E-state index >= 15 is 0 Å². The van der Waals surface area contributed by atoms with Crippen molar-refractivity contribution >= 4 is 11.9 Å². The third kappa shape index (κ3) is 3.90. The lowest BCUT2D eigenvalue weighted by atomic mass is 10.0. The molecular weight excluding hydrogens is 380 g/mol. The van der Waals surface area contributed by atoms with Crippen LogP contribution in [-0.2, 0) is 0 Å². The van der Waals surface area contributed by atoms with Gasteiger partial charge in [-0.3, -0.25) is 9.78 Å². The largest absolute Gasteiger partial charge is 0.356 e. The first-order chi connectivity index (χ1) is 14.7. The molecule has 1 saturated carbocycles. The van der Waals surface area contributed by atoms with Gasteiger partial charge in [-0.05, 0) is 44.7 Å². The van der Waals surface area contributed by atoms with Crippen LogP contribution < -0.4 is 10.2 Å². The SMILES string of the molecule is Cc1cc(-c2cnc(N3CCC(NC(=O)c4ccccn4)CC3)nc2C2CC2)on1. The van der Waals surface area contributed by atoms with Gasteiger partial charge in [0.05, 0.1) is 17.0 Å². The molecule has 1 saturated heterocycles. The Balaban J connectivity index is 1.26. The predicted molar refractivity (Wildman–Crippen MR) is 111 cm³/mol. The average molecular weight is 404 g/mol. The van der Waals surface area contributed by atoms with Crippen LogP contribution in [0.25, 0.3) is 11.3 Å². The van der Waals surface area contributed by atoms with Crippen LogP contribution in [0, 0.1) is 6.92 Å². The molecule has 1 aliphatic heterocycles. The van der Waals surface area contributed by atoms with Gasteiger partial charge in [0.1, 0.15) is 5.69 Å². The van der Waals surface area contributed by atoms with Crippen molar-refractivity contribution in [2.24, 2.45) is 0 Å². The molecule has 3 aromatic heterocycles. The maximum Gasteiger partial charge on any atom is 0.270 e. The highest BCUT2D eigenvalue weighted by atomic mass is 16.5. The topological polar surface area (TPSA) is 97.0 Å². The Morgan fingerprint density at radius 1 is 1.17 bits per heavy atom. The number of nitrogens with zero attached hydrogens (tertiary/aromatic N) is 5. The van der Waals surface area contributed by atoms with Crippen LogP contribution in [0.15, 0.2) is 41.2 Å². The zero-order valence-electron chi connectivity index (χ0n) is 16.9. The second kappa shape index (κ2) is 7.85. The van der Waals surface area contributed by atoms with Crippen LogP contribution in [-0.4, -0.2) is 45.1 Å². The molecular formula is C22H24N6O2. The van der Waals surface area contributed by atoms with Gasteiger partial charge in [-0.1, -0.05) is 11.2 Å². The molecule has 0 atom stereocenters. The van der Waals surface area contributed by atoms with Gasteiger partial charge in [-0.25, -0.2) is 9.97 Å². The van der Waals surface area contributed by atoms with Crippen LogP contribution >= 0.6 is 0 Å². The number of anilines is 1. The van der Waals surface area contributed by atoms with E-state index in [4.69, 9.17) is 9.51 Å². The zero-order chi connectivity index (χ0) is 20.5. The van der Waals surface area contributed by atoms with Gasteiger partial charge in [0, 0.05) is 43.5 Å². The normalized spacial score (nSPS) is 17.2. The lowest BCUT2D eigenvalue weighted by Gasteiger charge is -2.32. The minimum absolute atomic E-state index is 0.118. The molecule has 0 unspecified atom stereocenters. The fourth-order valence-corrected chi connectivity index (χ4v) is 3.87. The lowest BCUT2D eigenvalue weighted by molar-refractivity contribution is 0.0926. The third-order valence-electron chi connectivity index (χ3n) is 5.67. The smallest absolute Gasteiger partial charge is 0.270 e. The van der Waals surface area contributed by atoms with Gasteiger partial charge in [0.2, 0.25) is 5.95 Å². The molecule has 1 aliphatic carbocycles. The molecule has 0 spiro atoms. The number of nitrogens with one attached hydrogen (secondary N) is 1. The molecule has 5 rings (SSSR count). The number of amides is 1. The Labute approximate surface area is 174 Å². The predicted octanol–water partition coefficient (Wildman–Crippen LogP) is 3.11. The first-order valence-electron chi connectivity index (χ1n) is 10.4. The Morgan fingerprint density at radius 3 is 2.67 bits per heavy atom. The fraction of sp³-hybridized carbons (Fsp3) is 0.409. The highest BCUT2D eigenvalue weighted by molar-refractivity contribution is 5.92. The molecule has 8 heteroatoms. The van der Waals surface area contributed by atoms with Crippen LogP contribution in [0.4, 0.5) is 5.95 Å². The fourth-order valence-electron chi connectivity index (χ4n) is 3.87. The van der Waals surface area contributed by atoms with Gasteiger partial charge in [-0.2, -0.15) is 0 Å². The van der Waals surface area contributed by atoms with Crippen LogP contribution in [0.1, 0.15) is 53.5 Å². The van der Waals surface area contributed by atoms with E-state index in [9.17, 15) is 4.79 Å². The molecule has 3 aromatic rings. The zero-order valence-corrected chi connectivity index (χ0v) is 16.9. The van der Waals surface area contributed by atoms with E-state index in [0.717, 1.165) is 67.4 Å². The summed E-state index contributed by atoms with van der Waals surface area (Å²) in [5, 5.41) is 7.09. The second-order valence-electron chi connectivity index (χ2n) is 8.03. The van der Waals surface area contributed by atoms with Crippen molar-refractivity contribution < 1.29 is 9.32 Å². The molecule has 0 radical (unpaired) electrons. The number of rotatable bonds is 5. The summed E-state index contributed by atoms with van der Waals surface area (Å²) in [6, 6.07) is 7.42. The van der Waals surface area contributed by atoms with Crippen molar-refractivity contribution in [3.05, 3.63) is 53.7 Å². The summed E-state index contributed by atoms with van der Waals surface area (Å²) in [4.78, 5) is 28.2. The Morgan fingerprint density at radius 2 is 2.00 bits per heavy atom. The maximum atomic E-state index is 12.3. The highest BCUT2D eigenvalue weighted by Crippen LogP contribution is 2.43. The summed E-state index contributed by atoms with van der Waals surface area (Å²) in [6.07, 6.45) is 7.50. The molecule has 1 N–H and O–H groups in total. The lowest BCUT2D eigenvalue weighted by Crippen LogP contribution is -2.45. The quantitative estimate of drug-likeness (QED) is 0.698. The Kier molecular flexibility index (Phi) is 4.90. The molecule has 4 heterocycles. The minimum Gasteiger partial charge on any atom is -0.356 e. The van der Waals surface area contributed by atoms with Crippen molar-refractivity contribution in [2.75, 3.05) is 18.0 Å². The number of hydrogen-bond donors (Lipinski definition) is 1. The Hall–Kier alpha value is -3.29. The molecule has 30 heavy (non-hydrogen) atoms. The van der Waals surface area contributed by atoms with Crippen LogP contribution in [0.2, 0.25) is 0 Å². The van der Waals surface area contributed by atoms with Gasteiger partial charge in [0.15, 0.2) is 5.76 Å². The number of pyridine rings is 1. The summed E-state index contributed by atoms with van der Waals surface area (Å²) in [5.41, 5.74) is 3.31. The summed E-state index contributed by atoms with van der Waals surface area (Å²) in [6.45, 7) is 3.52. The number of piperidine rings is 1. The summed E-state index contributed by atoms with van der Waals surface area (Å²) in [5.74, 6) is 1.85. The number of hydrogen-bond acceptors (Lipinski definition) is 7. The third-order valence-corrected chi connectivity index (χ3v) is 5.67. The van der Waals surface area contributed by atoms with E-state index in [2.05, 4.69) is 25.3 Å². The van der Waals surface area contributed by atoms with Crippen LogP contribution in [0.5, 0.6) is 0 Å². The van der Waals surface area contributed by atoms with Crippen molar-refractivity contribution in [3.63, 3.8) is 0 Å². The van der Waals surface area contributed by atoms with E-state index in [-0.39, 0.29) is 11.9 Å². The van der Waals surface area contributed by atoms with E-state index in [1.807, 2.05) is 25.3 Å². The number of carbonyl (C=O) groups excluding carboxylic acids is 1. The number of aromatic nitrogens is 4. The van der Waals surface area contributed by atoms with Crippen molar-refractivity contribution in [2.45, 2.75) is 44.6 Å². The molecule has 8 nitrogen and oxygen atoms in total. The van der Waals surface area contributed by atoms with Crippen LogP contribution in [0.3, 0.4) is 0 Å². The van der Waals surface area contributed by atoms with Crippen molar-refractivity contribution in [1.82, 2.24) is 25.4 Å². The highest BCUT2D eigenvalue weighted by Gasteiger charge is 2.31. The van der Waals surface area contributed by atoms with Gasteiger partial charge < -0.3 is 14.7 Å². The molecule has 2 fully saturated rings. The van der Waals surface area contributed by atoms with E-state index in [0.29, 0.717) is 11.6 Å². The molecule has 0 bridgehead atoms. The summed E-state index contributed by atoms with van der Waals surface area (Å²) in [7, 11) is 0. The minimum atomic E-state index is -0.118. The molecule has 1 amide bonds. The number of carbonyl (C=O) groups is 1. The van der Waals surface area contributed by atoms with Gasteiger partial charge >= 0.3 is 0 Å². The maximum absolute atomic E-state index is 12.3. The number of aryl methyl sites for hydroxylation is 1. The van der Waals surface area contributed by atoms with Crippen molar-refractivity contribution in [3.8, 4) is 11.3 Å². The molecule has 0 aromatic carbocycles. The summed E-state index contributed by atoms with van der Waals surface area (Å²) >= 11 is 0. The van der Waals surface area contributed by atoms with Gasteiger partial charge in [0.25, 0.3) is 5.91 Å². The standard InChI is InChI=1S/C22H24N6O2/c1-14-12-19(30-27-14)17-13-24-22(26-20(17)15-5-6-15)28-10-7-16(8-11-28)25-21(29)18-4-2-3-9-23-18/h2-4,9,12-13,15-16H,5-8,10-11H2,1H3,(H,25,29). The van der Waals surface area contributed by atoms with E-state index in [1.165, 1.54) is 0 Å².